The normalized spacial score (nSPS) is 16.7. The van der Waals surface area contributed by atoms with Crippen molar-refractivity contribution in [1.29, 1.82) is 0 Å². The minimum absolute atomic E-state index is 0.234. The number of hydrogen-bond acceptors (Lipinski definition) is 2. The number of rotatable bonds is 9. The van der Waals surface area contributed by atoms with Gasteiger partial charge in [-0.05, 0) is 29.9 Å². The average molecular weight is 352 g/mol. The molecule has 0 unspecified atom stereocenters. The number of hydrogen-bond donors (Lipinski definition) is 1. The van der Waals surface area contributed by atoms with E-state index < -0.39 is 0 Å². The Morgan fingerprint density at radius 1 is 0.808 bits per heavy atom. The molecule has 0 aromatic heterocycles. The molecule has 1 N–H and O–H groups in total. The lowest BCUT2D eigenvalue weighted by Gasteiger charge is -2.32. The van der Waals surface area contributed by atoms with Gasteiger partial charge < -0.3 is 5.11 Å². The first-order chi connectivity index (χ1) is 12.8. The van der Waals surface area contributed by atoms with E-state index in [4.69, 9.17) is 0 Å². The summed E-state index contributed by atoms with van der Waals surface area (Å²) in [5.74, 6) is 0.869. The molecule has 2 aromatic rings. The molecule has 2 nitrogen and oxygen atoms in total. The fourth-order valence-electron chi connectivity index (χ4n) is 4.24. The van der Waals surface area contributed by atoms with Crippen LogP contribution in [0.2, 0.25) is 0 Å². The predicted molar refractivity (Wildman–Crippen MR) is 109 cm³/mol. The summed E-state index contributed by atoms with van der Waals surface area (Å²) >= 11 is 0. The van der Waals surface area contributed by atoms with Gasteiger partial charge in [0.1, 0.15) is 0 Å². The smallest absolute Gasteiger partial charge is 0.0587 e. The summed E-state index contributed by atoms with van der Waals surface area (Å²) in [5, 5.41) is 10.1. The number of nitrogens with zero attached hydrogens (tertiary/aromatic N) is 1. The maximum atomic E-state index is 10.1. The molecule has 0 aliphatic heterocycles. The van der Waals surface area contributed by atoms with Crippen molar-refractivity contribution in [2.24, 2.45) is 5.92 Å². The van der Waals surface area contributed by atoms with Crippen molar-refractivity contribution in [2.45, 2.75) is 64.1 Å². The molecule has 140 valence electrons. The van der Waals surface area contributed by atoms with Crippen molar-refractivity contribution < 1.29 is 5.11 Å². The Balaban J connectivity index is 1.66. The van der Waals surface area contributed by atoms with Crippen molar-refractivity contribution in [2.75, 3.05) is 6.61 Å². The number of aliphatic hydroxyl groups excluding tert-OH is 1. The molecule has 2 heteroatoms. The third-order valence-corrected chi connectivity index (χ3v) is 5.82. The Bertz CT molecular complexity index is 565. The lowest BCUT2D eigenvalue weighted by molar-refractivity contribution is 0.0959. The fraction of sp³-hybridized carbons (Fsp3) is 0.500. The quantitative estimate of drug-likeness (QED) is 0.653. The van der Waals surface area contributed by atoms with Gasteiger partial charge >= 0.3 is 0 Å². The molecule has 0 bridgehead atoms. The van der Waals surface area contributed by atoms with Crippen LogP contribution in [0.25, 0.3) is 0 Å². The molecular weight excluding hydrogens is 318 g/mol. The van der Waals surface area contributed by atoms with Gasteiger partial charge in [-0.25, -0.2) is 0 Å². The van der Waals surface area contributed by atoms with Crippen LogP contribution < -0.4 is 0 Å². The van der Waals surface area contributed by atoms with E-state index in [1.807, 2.05) is 0 Å². The summed E-state index contributed by atoms with van der Waals surface area (Å²) in [6.07, 6.45) is 9.32. The lowest BCUT2D eigenvalue weighted by atomic mass is 9.85. The van der Waals surface area contributed by atoms with Crippen LogP contribution in [0.3, 0.4) is 0 Å². The van der Waals surface area contributed by atoms with Gasteiger partial charge in [-0.3, -0.25) is 4.90 Å². The van der Waals surface area contributed by atoms with Crippen molar-refractivity contribution in [3.05, 3.63) is 71.8 Å². The first-order valence-corrected chi connectivity index (χ1v) is 10.3. The van der Waals surface area contributed by atoms with Gasteiger partial charge in [0, 0.05) is 19.1 Å². The van der Waals surface area contributed by atoms with E-state index in [0.717, 1.165) is 25.4 Å². The molecular formula is C24H33NO. The Kier molecular flexibility index (Phi) is 7.72. The highest BCUT2D eigenvalue weighted by Crippen LogP contribution is 2.29. The Labute approximate surface area is 158 Å². The Morgan fingerprint density at radius 3 is 1.85 bits per heavy atom. The third kappa shape index (κ3) is 5.96. The molecule has 0 amide bonds. The summed E-state index contributed by atoms with van der Waals surface area (Å²) < 4.78 is 0. The molecule has 0 heterocycles. The molecule has 3 rings (SSSR count). The largest absolute Gasteiger partial charge is 0.395 e. The van der Waals surface area contributed by atoms with E-state index in [-0.39, 0.29) is 12.6 Å². The van der Waals surface area contributed by atoms with Crippen LogP contribution in [-0.2, 0) is 13.1 Å². The van der Waals surface area contributed by atoms with Crippen LogP contribution in [0.5, 0.6) is 0 Å². The summed E-state index contributed by atoms with van der Waals surface area (Å²) in [7, 11) is 0. The van der Waals surface area contributed by atoms with Crippen molar-refractivity contribution in [3.8, 4) is 0 Å². The summed E-state index contributed by atoms with van der Waals surface area (Å²) in [6.45, 7) is 2.03. The molecule has 1 fully saturated rings. The zero-order chi connectivity index (χ0) is 18.0. The monoisotopic (exact) mass is 351 g/mol. The Morgan fingerprint density at radius 2 is 1.35 bits per heavy atom. The molecule has 2 aromatic carbocycles. The van der Waals surface area contributed by atoms with Crippen molar-refractivity contribution in [1.82, 2.24) is 4.90 Å². The van der Waals surface area contributed by atoms with Crippen molar-refractivity contribution >= 4 is 0 Å². The van der Waals surface area contributed by atoms with Gasteiger partial charge in [0.05, 0.1) is 6.61 Å². The SMILES string of the molecule is OC[C@H](CCC1CCCCC1)N(Cc1ccccc1)Cc1ccccc1. The maximum Gasteiger partial charge on any atom is 0.0587 e. The molecule has 26 heavy (non-hydrogen) atoms. The van der Waals surface area contributed by atoms with Crippen LogP contribution in [0.1, 0.15) is 56.1 Å². The molecule has 1 aliphatic carbocycles. The second-order valence-electron chi connectivity index (χ2n) is 7.79. The van der Waals surface area contributed by atoms with E-state index in [1.54, 1.807) is 0 Å². The molecule has 0 saturated heterocycles. The second kappa shape index (κ2) is 10.5. The van der Waals surface area contributed by atoms with Crippen LogP contribution in [0, 0.1) is 5.92 Å². The average Bonchev–Trinajstić information content (AvgIpc) is 2.71. The lowest BCUT2D eigenvalue weighted by Crippen LogP contribution is -2.37. The van der Waals surface area contributed by atoms with E-state index in [1.165, 1.54) is 49.7 Å². The highest BCUT2D eigenvalue weighted by molar-refractivity contribution is 5.17. The molecule has 1 aliphatic rings. The molecule has 1 saturated carbocycles. The van der Waals surface area contributed by atoms with Gasteiger partial charge in [0.2, 0.25) is 0 Å². The van der Waals surface area contributed by atoms with E-state index in [2.05, 4.69) is 65.6 Å². The zero-order valence-electron chi connectivity index (χ0n) is 15.9. The van der Waals surface area contributed by atoms with Gasteiger partial charge in [-0.15, -0.1) is 0 Å². The highest BCUT2D eigenvalue weighted by Gasteiger charge is 2.21. The molecule has 1 atom stereocenters. The minimum atomic E-state index is 0.234. The van der Waals surface area contributed by atoms with Crippen molar-refractivity contribution in [3.63, 3.8) is 0 Å². The van der Waals surface area contributed by atoms with E-state index >= 15 is 0 Å². The zero-order valence-corrected chi connectivity index (χ0v) is 15.9. The summed E-state index contributed by atoms with van der Waals surface area (Å²) in [6, 6.07) is 21.5. The highest BCUT2D eigenvalue weighted by atomic mass is 16.3. The maximum absolute atomic E-state index is 10.1. The van der Waals surface area contributed by atoms with Crippen LogP contribution in [-0.4, -0.2) is 22.7 Å². The predicted octanol–water partition coefficient (Wildman–Crippen LogP) is 5.41. The molecule has 0 radical (unpaired) electrons. The van der Waals surface area contributed by atoms with Crippen LogP contribution in [0.4, 0.5) is 0 Å². The van der Waals surface area contributed by atoms with Gasteiger partial charge in [0.25, 0.3) is 0 Å². The summed E-state index contributed by atoms with van der Waals surface area (Å²) in [5.41, 5.74) is 2.64. The van der Waals surface area contributed by atoms with Gasteiger partial charge in [-0.1, -0.05) is 92.8 Å². The molecule has 0 spiro atoms. The Hall–Kier alpha value is -1.64. The van der Waals surface area contributed by atoms with Crippen LogP contribution in [0.15, 0.2) is 60.7 Å². The van der Waals surface area contributed by atoms with E-state index in [0.29, 0.717) is 0 Å². The third-order valence-electron chi connectivity index (χ3n) is 5.82. The topological polar surface area (TPSA) is 23.5 Å². The minimum Gasteiger partial charge on any atom is -0.395 e. The fourth-order valence-corrected chi connectivity index (χ4v) is 4.24. The van der Waals surface area contributed by atoms with Gasteiger partial charge in [0.15, 0.2) is 0 Å². The van der Waals surface area contributed by atoms with E-state index in [9.17, 15) is 5.11 Å². The standard InChI is InChI=1S/C24H33NO/c26-20-24(17-16-21-10-4-1-5-11-21)25(18-22-12-6-2-7-13-22)19-23-14-8-3-9-15-23/h2-3,6-9,12-15,21,24,26H,1,4-5,10-11,16-20H2/t24-/m0/s1. The van der Waals surface area contributed by atoms with Crippen LogP contribution >= 0.6 is 0 Å². The van der Waals surface area contributed by atoms with Gasteiger partial charge in [-0.2, -0.15) is 0 Å². The summed E-state index contributed by atoms with van der Waals surface area (Å²) in [4.78, 5) is 2.47. The second-order valence-corrected chi connectivity index (χ2v) is 7.79. The number of aliphatic hydroxyl groups is 1. The first-order valence-electron chi connectivity index (χ1n) is 10.3. The number of benzene rings is 2. The first kappa shape index (κ1) is 19.1.